The van der Waals surface area contributed by atoms with Gasteiger partial charge in [0.25, 0.3) is 5.09 Å². The first-order valence-corrected chi connectivity index (χ1v) is 1.27. The molecule has 0 fully saturated rings. The molecule has 0 aromatic carbocycles. The number of carbonyl (C=O) groups excluding carboxylic acids is 3. The van der Waals surface area contributed by atoms with Crippen LogP contribution in [0.5, 0.6) is 0 Å². The normalized spacial score (nSPS) is 3.27. The first-order valence-electron chi connectivity index (χ1n) is 1.27. The average molecular weight is 251 g/mol. The molecule has 1 radical (unpaired) electrons. The summed E-state index contributed by atoms with van der Waals surface area (Å²) in [6.07, 6.45) is 0. The zero-order valence-electron chi connectivity index (χ0n) is 5.02. The van der Waals surface area contributed by atoms with E-state index in [0.29, 0.717) is 0 Å². The molecule has 0 aromatic rings. The molecule has 0 amide bonds. The topological polar surface area (TPSA) is 115 Å². The van der Waals surface area contributed by atoms with Crippen molar-refractivity contribution in [2.24, 2.45) is 0 Å². The summed E-state index contributed by atoms with van der Waals surface area (Å²) in [5.41, 5.74) is 0. The molecular weight excluding hydrogens is 247 g/mol. The molecule has 0 heterocycles. The Kier molecular flexibility index (Phi) is 481. The van der Waals surface area contributed by atoms with Crippen LogP contribution in [-0.4, -0.2) is 30.7 Å². The molecule has 0 saturated carbocycles. The van der Waals surface area contributed by atoms with Crippen molar-refractivity contribution >= 4 is 20.4 Å². The van der Waals surface area contributed by atoms with E-state index in [1.807, 2.05) is 0 Å². The molecule has 0 saturated heterocycles. The molecule has 0 unspecified atom stereocenters. The first kappa shape index (κ1) is 32.8. The van der Waals surface area contributed by atoms with Crippen LogP contribution in [0.1, 0.15) is 0 Å². The number of rotatable bonds is 0. The van der Waals surface area contributed by atoms with Crippen LogP contribution in [0.2, 0.25) is 0 Å². The Morgan fingerprint density at radius 3 is 1.00 bits per heavy atom. The van der Waals surface area contributed by atoms with Gasteiger partial charge in [-0.2, -0.15) is 0 Å². The molecule has 0 atom stereocenters. The van der Waals surface area contributed by atoms with Crippen LogP contribution < -0.4 is 0 Å². The van der Waals surface area contributed by atoms with Gasteiger partial charge in [0.2, 0.25) is 0 Å². The molecule has 7 nitrogen and oxygen atoms in total. The summed E-state index contributed by atoms with van der Waals surface area (Å²) in [5, 5.41) is 13.6. The van der Waals surface area contributed by atoms with Crippen LogP contribution in [-0.2, 0) is 33.9 Å². The van der Waals surface area contributed by atoms with Crippen LogP contribution in [0.4, 0.5) is 0 Å². The Balaban J connectivity index is -0.0000000152. The fraction of sp³-hybridized carbons (Fsp3) is 0. The Hall–Kier alpha value is -1.17. The van der Waals surface area contributed by atoms with E-state index in [1.54, 1.807) is 0 Å². The van der Waals surface area contributed by atoms with Crippen molar-refractivity contribution in [1.82, 2.24) is 0 Å². The van der Waals surface area contributed by atoms with Gasteiger partial charge in [-0.3, -0.25) is 20.4 Å². The van der Waals surface area contributed by atoms with Crippen LogP contribution in [0.25, 0.3) is 0 Å². The molecule has 1 N–H and O–H groups in total. The van der Waals surface area contributed by atoms with Gasteiger partial charge >= 0.3 is 19.5 Å². The van der Waals surface area contributed by atoms with Crippen molar-refractivity contribution in [1.29, 1.82) is 0 Å². The zero-order chi connectivity index (χ0) is 9.58. The standard InChI is InChI=1S/3CHO.HNO3.Ru/c3*1-2;2-1(3)4;/h3*1H;(H,2,3,4);/q3*-1;;+3. The summed E-state index contributed by atoms with van der Waals surface area (Å²) < 4.78 is 0. The van der Waals surface area contributed by atoms with E-state index >= 15 is 0 Å². The van der Waals surface area contributed by atoms with Gasteiger partial charge in [-0.1, -0.05) is 0 Å². The number of nitrogens with zero attached hydrogens (tertiary/aromatic N) is 1. The van der Waals surface area contributed by atoms with Gasteiger partial charge in [0, 0.05) is 0 Å². The largest absolute Gasteiger partial charge is 3.00 e. The quantitative estimate of drug-likeness (QED) is 0.191. The third kappa shape index (κ3) is 303. The molecule has 0 rings (SSSR count). The van der Waals surface area contributed by atoms with E-state index in [9.17, 15) is 0 Å². The predicted octanol–water partition coefficient (Wildman–Crippen LogP) is -1.17. The van der Waals surface area contributed by atoms with Crippen molar-refractivity contribution in [3.63, 3.8) is 0 Å². The third-order valence-electron chi connectivity index (χ3n) is 0. The van der Waals surface area contributed by atoms with Crippen molar-refractivity contribution in [2.75, 3.05) is 0 Å². The van der Waals surface area contributed by atoms with Gasteiger partial charge in [0.1, 0.15) is 0 Å². The predicted molar refractivity (Wildman–Crippen MR) is 29.0 cm³/mol. The number of hydrogen-bond acceptors (Lipinski definition) is 5. The molecule has 8 heteroatoms. The van der Waals surface area contributed by atoms with E-state index < -0.39 is 5.09 Å². The van der Waals surface area contributed by atoms with E-state index in [4.69, 9.17) is 29.7 Å². The van der Waals surface area contributed by atoms with Crippen LogP contribution in [0.15, 0.2) is 0 Å². The fourth-order valence-electron chi connectivity index (χ4n) is 0. The molecule has 0 bridgehead atoms. The van der Waals surface area contributed by atoms with Gasteiger partial charge in [-0.15, -0.1) is 10.1 Å². The second-order valence-electron chi connectivity index (χ2n) is 0.238. The molecule has 0 spiro atoms. The molecule has 0 aliphatic rings. The monoisotopic (exact) mass is 252 g/mol. The average Bonchev–Trinajstić information content (AvgIpc) is 1.98. The van der Waals surface area contributed by atoms with Crippen molar-refractivity contribution in [3.05, 3.63) is 10.1 Å². The minimum atomic E-state index is -1.50. The Morgan fingerprint density at radius 2 is 1.00 bits per heavy atom. The molecule has 65 valence electrons. The zero-order valence-corrected chi connectivity index (χ0v) is 6.76. The van der Waals surface area contributed by atoms with Crippen LogP contribution in [0, 0.1) is 10.1 Å². The summed E-state index contributed by atoms with van der Waals surface area (Å²) in [6.45, 7) is 9.75. The van der Waals surface area contributed by atoms with Gasteiger partial charge in [0.15, 0.2) is 0 Å². The second-order valence-corrected chi connectivity index (χ2v) is 0.238. The SMILES string of the molecule is O=[N+]([O-])O.[CH-]=O.[CH-]=O.[CH-]=O.[Ru+3]. The van der Waals surface area contributed by atoms with Gasteiger partial charge in [-0.25, -0.2) is 0 Å². The summed E-state index contributed by atoms with van der Waals surface area (Å²) in [5.74, 6) is 0. The maximum Gasteiger partial charge on any atom is 3.00 e. The maximum atomic E-state index is 8.36. The van der Waals surface area contributed by atoms with Gasteiger partial charge in [-0.05, 0) is 0 Å². The summed E-state index contributed by atoms with van der Waals surface area (Å²) in [4.78, 5) is 31.6. The van der Waals surface area contributed by atoms with E-state index in [2.05, 4.69) is 20.4 Å². The Bertz CT molecular complexity index is 62.1. The van der Waals surface area contributed by atoms with Gasteiger partial charge < -0.3 is 19.6 Å². The summed E-state index contributed by atoms with van der Waals surface area (Å²) >= 11 is 0. The third-order valence-corrected chi connectivity index (χ3v) is 0. The molecule has 0 aliphatic carbocycles. The van der Waals surface area contributed by atoms with Crippen molar-refractivity contribution in [3.8, 4) is 0 Å². The fourth-order valence-corrected chi connectivity index (χ4v) is 0. The Labute approximate surface area is 75.3 Å². The minimum Gasteiger partial charge on any atom is -0.545 e. The van der Waals surface area contributed by atoms with Gasteiger partial charge in [0.05, 0.1) is 0 Å². The van der Waals surface area contributed by atoms with E-state index in [0.717, 1.165) is 0 Å². The molecular formula is C3H4NO6Ru. The smallest absolute Gasteiger partial charge is 0.545 e. The summed E-state index contributed by atoms with van der Waals surface area (Å²) in [7, 11) is 0. The van der Waals surface area contributed by atoms with Crippen molar-refractivity contribution in [2.45, 2.75) is 0 Å². The second kappa shape index (κ2) is 161. The Morgan fingerprint density at radius 1 is 1.00 bits per heavy atom. The minimum absolute atomic E-state index is 0. The molecule has 11 heavy (non-hydrogen) atoms. The van der Waals surface area contributed by atoms with E-state index in [-0.39, 0.29) is 19.5 Å². The van der Waals surface area contributed by atoms with E-state index in [1.165, 1.54) is 0 Å². The summed E-state index contributed by atoms with van der Waals surface area (Å²) in [6, 6.07) is 0. The molecule has 0 aromatic heterocycles. The van der Waals surface area contributed by atoms with Crippen molar-refractivity contribution < 1.29 is 44.2 Å². The number of hydrogen-bond donors (Lipinski definition) is 1. The first-order chi connectivity index (χ1) is 4.73. The van der Waals surface area contributed by atoms with Crippen LogP contribution >= 0.6 is 0 Å². The molecule has 0 aliphatic heterocycles. The van der Waals surface area contributed by atoms with Crippen LogP contribution in [0.3, 0.4) is 0 Å². The maximum absolute atomic E-state index is 8.36.